The van der Waals surface area contributed by atoms with Crippen molar-refractivity contribution < 1.29 is 14.3 Å². The van der Waals surface area contributed by atoms with Crippen LogP contribution in [0.2, 0.25) is 0 Å². The predicted octanol–water partition coefficient (Wildman–Crippen LogP) is 1.12. The highest BCUT2D eigenvalue weighted by Crippen LogP contribution is 2.30. The molecule has 2 amide bonds. The van der Waals surface area contributed by atoms with Gasteiger partial charge in [-0.3, -0.25) is 0 Å². The minimum absolute atomic E-state index is 0.0268. The standard InChI is InChI=1S/C20H29N5O3/c1-22-17-4-3-14(9-15(17)10-21)16-11-25(12-16)20(27)24-6-5-19(28-8-7-26)18(13-24)23-2/h3-4,7,9-10,16,18-19,21-23H,5-6,8,11-13H2,1-2H3/t18?,19-/m0/s1. The first-order valence-electron chi connectivity index (χ1n) is 9.69. The van der Waals surface area contributed by atoms with Crippen molar-refractivity contribution >= 4 is 24.2 Å². The number of hydrogen-bond donors (Lipinski definition) is 3. The molecular weight excluding hydrogens is 358 g/mol. The molecule has 0 bridgehead atoms. The number of likely N-dealkylation sites (N-methyl/N-ethyl adjacent to an activating group) is 1. The highest BCUT2D eigenvalue weighted by Gasteiger charge is 2.38. The molecule has 2 fully saturated rings. The zero-order chi connectivity index (χ0) is 20.1. The normalized spacial score (nSPS) is 22.5. The molecule has 0 saturated carbocycles. The molecule has 2 atom stereocenters. The summed E-state index contributed by atoms with van der Waals surface area (Å²) in [6.45, 7) is 2.70. The Balaban J connectivity index is 1.55. The van der Waals surface area contributed by atoms with Gasteiger partial charge in [0.2, 0.25) is 0 Å². The number of likely N-dealkylation sites (tertiary alicyclic amines) is 2. The summed E-state index contributed by atoms with van der Waals surface area (Å²) >= 11 is 0. The number of aldehydes is 1. The zero-order valence-electron chi connectivity index (χ0n) is 16.5. The summed E-state index contributed by atoms with van der Waals surface area (Å²) in [4.78, 5) is 27.1. The van der Waals surface area contributed by atoms with Crippen LogP contribution >= 0.6 is 0 Å². The summed E-state index contributed by atoms with van der Waals surface area (Å²) in [7, 11) is 3.70. The van der Waals surface area contributed by atoms with Crippen LogP contribution in [0, 0.1) is 5.41 Å². The van der Waals surface area contributed by atoms with E-state index in [1.807, 2.05) is 36.0 Å². The third-order valence-electron chi connectivity index (χ3n) is 5.69. The quantitative estimate of drug-likeness (QED) is 0.481. The van der Waals surface area contributed by atoms with Crippen LogP contribution in [-0.4, -0.2) is 87.4 Å². The molecule has 2 heterocycles. The molecule has 0 radical (unpaired) electrons. The first-order chi connectivity index (χ1) is 13.6. The molecule has 3 rings (SSSR count). The van der Waals surface area contributed by atoms with Crippen molar-refractivity contribution in [3.05, 3.63) is 29.3 Å². The lowest BCUT2D eigenvalue weighted by molar-refractivity contribution is -0.115. The van der Waals surface area contributed by atoms with Crippen molar-refractivity contribution in [3.8, 4) is 0 Å². The SMILES string of the molecule is CNc1ccc(C2CN(C(=O)N3CC[C@H](OCC=O)C(NC)C3)C2)cc1C=N. The summed E-state index contributed by atoms with van der Waals surface area (Å²) in [6.07, 6.45) is 2.79. The van der Waals surface area contributed by atoms with Crippen molar-refractivity contribution in [3.63, 3.8) is 0 Å². The number of urea groups is 1. The third kappa shape index (κ3) is 4.18. The van der Waals surface area contributed by atoms with Gasteiger partial charge in [-0.2, -0.15) is 0 Å². The second kappa shape index (κ2) is 9.16. The first-order valence-corrected chi connectivity index (χ1v) is 9.69. The van der Waals surface area contributed by atoms with E-state index in [2.05, 4.69) is 16.7 Å². The van der Waals surface area contributed by atoms with E-state index in [9.17, 15) is 9.59 Å². The summed E-state index contributed by atoms with van der Waals surface area (Å²) in [5.41, 5.74) is 2.96. The van der Waals surface area contributed by atoms with Crippen molar-refractivity contribution in [1.82, 2.24) is 15.1 Å². The van der Waals surface area contributed by atoms with Crippen LogP contribution in [0.4, 0.5) is 10.5 Å². The molecule has 8 heteroatoms. The van der Waals surface area contributed by atoms with Gasteiger partial charge < -0.3 is 35.4 Å². The summed E-state index contributed by atoms with van der Waals surface area (Å²) in [5, 5.41) is 13.9. The van der Waals surface area contributed by atoms with E-state index in [0.29, 0.717) is 32.1 Å². The van der Waals surface area contributed by atoms with Gasteiger partial charge in [0.05, 0.1) is 12.1 Å². The highest BCUT2D eigenvalue weighted by molar-refractivity contribution is 5.86. The predicted molar refractivity (Wildman–Crippen MR) is 108 cm³/mol. The Morgan fingerprint density at radius 1 is 1.29 bits per heavy atom. The molecule has 3 N–H and O–H groups in total. The number of piperidine rings is 1. The van der Waals surface area contributed by atoms with Crippen molar-refractivity contribution in [2.45, 2.75) is 24.5 Å². The third-order valence-corrected chi connectivity index (χ3v) is 5.69. The summed E-state index contributed by atoms with van der Waals surface area (Å²) < 4.78 is 5.57. The smallest absolute Gasteiger partial charge is 0.320 e. The van der Waals surface area contributed by atoms with E-state index in [4.69, 9.17) is 10.1 Å². The van der Waals surface area contributed by atoms with Crippen LogP contribution < -0.4 is 10.6 Å². The maximum absolute atomic E-state index is 12.8. The molecule has 28 heavy (non-hydrogen) atoms. The van der Waals surface area contributed by atoms with Crippen LogP contribution in [-0.2, 0) is 9.53 Å². The van der Waals surface area contributed by atoms with Gasteiger partial charge in [-0.05, 0) is 31.2 Å². The lowest BCUT2D eigenvalue weighted by Crippen LogP contribution is -2.60. The van der Waals surface area contributed by atoms with Gasteiger partial charge in [0.1, 0.15) is 12.9 Å². The molecule has 2 aliphatic rings. The van der Waals surface area contributed by atoms with Gasteiger partial charge >= 0.3 is 6.03 Å². The Morgan fingerprint density at radius 3 is 2.71 bits per heavy atom. The molecule has 0 aliphatic carbocycles. The molecule has 0 spiro atoms. The molecule has 1 aromatic carbocycles. The fraction of sp³-hybridized carbons (Fsp3) is 0.550. The average molecular weight is 387 g/mol. The number of carbonyl (C=O) groups is 2. The summed E-state index contributed by atoms with van der Waals surface area (Å²) in [6, 6.07) is 6.17. The first kappa shape index (κ1) is 20.3. The fourth-order valence-corrected chi connectivity index (χ4v) is 3.97. The monoisotopic (exact) mass is 387 g/mol. The number of ether oxygens (including phenoxy) is 1. The minimum Gasteiger partial charge on any atom is -0.388 e. The molecule has 1 aromatic rings. The van der Waals surface area contributed by atoms with E-state index in [1.165, 1.54) is 6.21 Å². The number of hydrogen-bond acceptors (Lipinski definition) is 6. The number of nitrogens with one attached hydrogen (secondary N) is 3. The molecule has 0 aromatic heterocycles. The Kier molecular flexibility index (Phi) is 6.64. The number of nitrogens with zero attached hydrogens (tertiary/aromatic N) is 2. The number of benzene rings is 1. The fourth-order valence-electron chi connectivity index (χ4n) is 3.97. The van der Waals surface area contributed by atoms with E-state index in [-0.39, 0.29) is 24.8 Å². The van der Waals surface area contributed by atoms with E-state index in [0.717, 1.165) is 29.5 Å². The topological polar surface area (TPSA) is 97.8 Å². The molecule has 152 valence electrons. The Hall–Kier alpha value is -2.45. The number of rotatable bonds is 7. The molecule has 1 unspecified atom stereocenters. The second-order valence-electron chi connectivity index (χ2n) is 7.29. The van der Waals surface area contributed by atoms with Gasteiger partial charge in [0.15, 0.2) is 0 Å². The van der Waals surface area contributed by atoms with E-state index < -0.39 is 0 Å². The summed E-state index contributed by atoms with van der Waals surface area (Å²) in [5.74, 6) is 0.308. The van der Waals surface area contributed by atoms with Crippen LogP contribution in [0.15, 0.2) is 18.2 Å². The zero-order valence-corrected chi connectivity index (χ0v) is 16.5. The highest BCUT2D eigenvalue weighted by atomic mass is 16.5. The number of anilines is 1. The van der Waals surface area contributed by atoms with Gasteiger partial charge in [-0.15, -0.1) is 0 Å². The minimum atomic E-state index is -0.0476. The molecule has 8 nitrogen and oxygen atoms in total. The number of carbonyl (C=O) groups excluding carboxylic acids is 2. The van der Waals surface area contributed by atoms with Crippen LogP contribution in [0.5, 0.6) is 0 Å². The Bertz CT molecular complexity index is 720. The molecular formula is C20H29N5O3. The lowest BCUT2D eigenvalue weighted by Gasteiger charge is -2.45. The lowest BCUT2D eigenvalue weighted by atomic mass is 9.90. The van der Waals surface area contributed by atoms with Crippen LogP contribution in [0.25, 0.3) is 0 Å². The van der Waals surface area contributed by atoms with Gasteiger partial charge in [0, 0.05) is 56.6 Å². The van der Waals surface area contributed by atoms with Gasteiger partial charge in [-0.1, -0.05) is 6.07 Å². The van der Waals surface area contributed by atoms with Crippen LogP contribution in [0.3, 0.4) is 0 Å². The maximum Gasteiger partial charge on any atom is 0.320 e. The number of amides is 2. The van der Waals surface area contributed by atoms with Crippen molar-refractivity contribution in [1.29, 1.82) is 5.41 Å². The maximum atomic E-state index is 12.8. The van der Waals surface area contributed by atoms with Crippen molar-refractivity contribution in [2.24, 2.45) is 0 Å². The van der Waals surface area contributed by atoms with Crippen LogP contribution in [0.1, 0.15) is 23.5 Å². The Labute approximate surface area is 165 Å². The van der Waals surface area contributed by atoms with Gasteiger partial charge in [-0.25, -0.2) is 4.79 Å². The second-order valence-corrected chi connectivity index (χ2v) is 7.29. The average Bonchev–Trinajstić information content (AvgIpc) is 2.70. The van der Waals surface area contributed by atoms with E-state index >= 15 is 0 Å². The molecule has 2 saturated heterocycles. The van der Waals surface area contributed by atoms with Gasteiger partial charge in [0.25, 0.3) is 0 Å². The Morgan fingerprint density at radius 2 is 2.07 bits per heavy atom. The van der Waals surface area contributed by atoms with Crippen molar-refractivity contribution in [2.75, 3.05) is 52.2 Å². The molecule has 2 aliphatic heterocycles. The van der Waals surface area contributed by atoms with E-state index in [1.54, 1.807) is 0 Å². The largest absolute Gasteiger partial charge is 0.388 e.